The summed E-state index contributed by atoms with van der Waals surface area (Å²) in [5, 5.41) is 6.08. The number of rotatable bonds is 9. The quantitative estimate of drug-likeness (QED) is 0.410. The highest BCUT2D eigenvalue weighted by Crippen LogP contribution is 2.14. The SMILES string of the molecule is CCCCCCNC(=NC)NCCS(=O)(=O)c1ccccc1F. The van der Waals surface area contributed by atoms with E-state index >= 15 is 0 Å². The van der Waals surface area contributed by atoms with Gasteiger partial charge < -0.3 is 10.6 Å². The highest BCUT2D eigenvalue weighted by atomic mass is 32.2. The molecule has 1 aromatic rings. The van der Waals surface area contributed by atoms with Gasteiger partial charge in [-0.05, 0) is 18.6 Å². The van der Waals surface area contributed by atoms with Crippen molar-refractivity contribution in [3.05, 3.63) is 30.1 Å². The van der Waals surface area contributed by atoms with E-state index in [4.69, 9.17) is 0 Å². The molecule has 0 bridgehead atoms. The van der Waals surface area contributed by atoms with Crippen LogP contribution in [0.5, 0.6) is 0 Å². The predicted octanol–water partition coefficient (Wildman–Crippen LogP) is 2.34. The average molecular weight is 343 g/mol. The molecular weight excluding hydrogens is 317 g/mol. The fraction of sp³-hybridized carbons (Fsp3) is 0.562. The number of guanidine groups is 1. The van der Waals surface area contributed by atoms with Crippen LogP contribution in [0.25, 0.3) is 0 Å². The number of hydrogen-bond donors (Lipinski definition) is 2. The first-order chi connectivity index (χ1) is 11.0. The molecule has 0 saturated heterocycles. The zero-order valence-electron chi connectivity index (χ0n) is 13.8. The van der Waals surface area contributed by atoms with Crippen molar-refractivity contribution in [3.8, 4) is 0 Å². The summed E-state index contributed by atoms with van der Waals surface area (Å²) >= 11 is 0. The molecule has 0 spiro atoms. The van der Waals surface area contributed by atoms with E-state index in [1.807, 2.05) is 0 Å². The van der Waals surface area contributed by atoms with E-state index in [1.165, 1.54) is 31.0 Å². The van der Waals surface area contributed by atoms with Crippen LogP contribution >= 0.6 is 0 Å². The van der Waals surface area contributed by atoms with Gasteiger partial charge >= 0.3 is 0 Å². The number of hydrogen-bond acceptors (Lipinski definition) is 3. The van der Waals surface area contributed by atoms with Gasteiger partial charge in [-0.2, -0.15) is 0 Å². The number of aliphatic imine (C=N–C) groups is 1. The lowest BCUT2D eigenvalue weighted by molar-refractivity contribution is 0.566. The van der Waals surface area contributed by atoms with Crippen molar-refractivity contribution in [2.75, 3.05) is 25.9 Å². The largest absolute Gasteiger partial charge is 0.356 e. The molecule has 5 nitrogen and oxygen atoms in total. The zero-order chi connectivity index (χ0) is 17.1. The first-order valence-corrected chi connectivity index (χ1v) is 9.58. The molecule has 23 heavy (non-hydrogen) atoms. The topological polar surface area (TPSA) is 70.6 Å². The second-order valence-electron chi connectivity index (χ2n) is 5.24. The summed E-state index contributed by atoms with van der Waals surface area (Å²) in [4.78, 5) is 3.78. The Bertz CT molecular complexity index is 603. The van der Waals surface area contributed by atoms with Gasteiger partial charge in [-0.15, -0.1) is 0 Å². The van der Waals surface area contributed by atoms with Crippen LogP contribution in [-0.4, -0.2) is 40.3 Å². The highest BCUT2D eigenvalue weighted by molar-refractivity contribution is 7.91. The third-order valence-corrected chi connectivity index (χ3v) is 5.12. The molecule has 0 saturated carbocycles. The minimum Gasteiger partial charge on any atom is -0.356 e. The lowest BCUT2D eigenvalue weighted by atomic mass is 10.2. The smallest absolute Gasteiger partial charge is 0.191 e. The molecule has 0 fully saturated rings. The Balaban J connectivity index is 2.41. The fourth-order valence-electron chi connectivity index (χ4n) is 2.09. The Labute approximate surface area is 138 Å². The molecule has 0 aliphatic rings. The Kier molecular flexibility index (Phi) is 8.61. The molecule has 0 atom stereocenters. The van der Waals surface area contributed by atoms with E-state index in [-0.39, 0.29) is 17.2 Å². The molecule has 0 aliphatic heterocycles. The summed E-state index contributed by atoms with van der Waals surface area (Å²) in [6, 6.07) is 5.42. The van der Waals surface area contributed by atoms with Crippen LogP contribution in [0.2, 0.25) is 0 Å². The van der Waals surface area contributed by atoms with Gasteiger partial charge in [0.05, 0.1) is 5.75 Å². The molecule has 1 aromatic carbocycles. The highest BCUT2D eigenvalue weighted by Gasteiger charge is 2.18. The molecule has 0 radical (unpaired) electrons. The number of benzene rings is 1. The molecule has 1 rings (SSSR count). The van der Waals surface area contributed by atoms with Gasteiger partial charge in [0.1, 0.15) is 10.7 Å². The van der Waals surface area contributed by atoms with Crippen molar-refractivity contribution in [1.82, 2.24) is 10.6 Å². The molecule has 7 heteroatoms. The number of sulfone groups is 1. The number of unbranched alkanes of at least 4 members (excludes halogenated alkanes) is 3. The molecule has 130 valence electrons. The van der Waals surface area contributed by atoms with E-state index in [0.29, 0.717) is 5.96 Å². The third kappa shape index (κ3) is 6.99. The van der Waals surface area contributed by atoms with E-state index in [9.17, 15) is 12.8 Å². The van der Waals surface area contributed by atoms with E-state index in [2.05, 4.69) is 22.5 Å². The molecule has 0 heterocycles. The zero-order valence-corrected chi connectivity index (χ0v) is 14.6. The Morgan fingerprint density at radius 1 is 1.13 bits per heavy atom. The first-order valence-electron chi connectivity index (χ1n) is 7.93. The Hall–Kier alpha value is -1.63. The van der Waals surface area contributed by atoms with Crippen molar-refractivity contribution in [2.45, 2.75) is 37.5 Å². The lowest BCUT2D eigenvalue weighted by Gasteiger charge is -2.12. The predicted molar refractivity (Wildman–Crippen MR) is 92.0 cm³/mol. The monoisotopic (exact) mass is 343 g/mol. The average Bonchev–Trinajstić information content (AvgIpc) is 2.53. The first kappa shape index (κ1) is 19.4. The van der Waals surface area contributed by atoms with Gasteiger partial charge in [0.25, 0.3) is 0 Å². The Morgan fingerprint density at radius 3 is 2.48 bits per heavy atom. The van der Waals surface area contributed by atoms with Crippen LogP contribution < -0.4 is 10.6 Å². The van der Waals surface area contributed by atoms with Crippen LogP contribution in [0.15, 0.2) is 34.2 Å². The van der Waals surface area contributed by atoms with Gasteiger partial charge in [0.2, 0.25) is 0 Å². The van der Waals surface area contributed by atoms with E-state index < -0.39 is 15.7 Å². The van der Waals surface area contributed by atoms with Crippen molar-refractivity contribution < 1.29 is 12.8 Å². The minimum absolute atomic E-state index is 0.172. The maximum absolute atomic E-state index is 13.6. The lowest BCUT2D eigenvalue weighted by Crippen LogP contribution is -2.40. The van der Waals surface area contributed by atoms with Crippen molar-refractivity contribution in [2.24, 2.45) is 4.99 Å². The van der Waals surface area contributed by atoms with E-state index in [0.717, 1.165) is 25.5 Å². The van der Waals surface area contributed by atoms with Gasteiger partial charge in [-0.3, -0.25) is 4.99 Å². The van der Waals surface area contributed by atoms with Gasteiger partial charge in [0.15, 0.2) is 15.8 Å². The van der Waals surface area contributed by atoms with Crippen molar-refractivity contribution in [3.63, 3.8) is 0 Å². The summed E-state index contributed by atoms with van der Waals surface area (Å²) in [5.41, 5.74) is 0. The van der Waals surface area contributed by atoms with E-state index in [1.54, 1.807) is 7.05 Å². The van der Waals surface area contributed by atoms with Crippen molar-refractivity contribution in [1.29, 1.82) is 0 Å². The van der Waals surface area contributed by atoms with Crippen LogP contribution in [0.1, 0.15) is 32.6 Å². The van der Waals surface area contributed by atoms with Gasteiger partial charge in [-0.1, -0.05) is 38.3 Å². The summed E-state index contributed by atoms with van der Waals surface area (Å²) in [6.07, 6.45) is 4.58. The number of nitrogens with one attached hydrogen (secondary N) is 2. The molecule has 0 amide bonds. The second kappa shape index (κ2) is 10.2. The van der Waals surface area contributed by atoms with Crippen LogP contribution in [0.3, 0.4) is 0 Å². The maximum Gasteiger partial charge on any atom is 0.191 e. The summed E-state index contributed by atoms with van der Waals surface area (Å²) in [7, 11) is -2.02. The number of nitrogens with zero attached hydrogens (tertiary/aromatic N) is 1. The molecule has 0 aliphatic carbocycles. The second-order valence-corrected chi connectivity index (χ2v) is 7.31. The van der Waals surface area contributed by atoms with Crippen molar-refractivity contribution >= 4 is 15.8 Å². The molecule has 0 unspecified atom stereocenters. The summed E-state index contributed by atoms with van der Waals surface area (Å²) < 4.78 is 37.8. The third-order valence-electron chi connectivity index (χ3n) is 3.38. The van der Waals surface area contributed by atoms with Crippen LogP contribution in [0, 0.1) is 5.82 Å². The molecule has 0 aromatic heterocycles. The normalized spacial score (nSPS) is 12.2. The van der Waals surface area contributed by atoms with Gasteiger partial charge in [-0.25, -0.2) is 12.8 Å². The standard InChI is InChI=1S/C16H26FN3O2S/c1-3-4-5-8-11-19-16(18-2)20-12-13-23(21,22)15-10-7-6-9-14(15)17/h6-7,9-10H,3-5,8,11-13H2,1-2H3,(H2,18,19,20). The maximum atomic E-state index is 13.6. The summed E-state index contributed by atoms with van der Waals surface area (Å²) in [6.45, 7) is 3.12. The summed E-state index contributed by atoms with van der Waals surface area (Å²) in [5.74, 6) is -0.346. The van der Waals surface area contributed by atoms with Crippen LogP contribution in [0.4, 0.5) is 4.39 Å². The van der Waals surface area contributed by atoms with Crippen LogP contribution in [-0.2, 0) is 9.84 Å². The number of halogens is 1. The van der Waals surface area contributed by atoms with Gasteiger partial charge in [0, 0.05) is 20.1 Å². The Morgan fingerprint density at radius 2 is 1.83 bits per heavy atom. The molecular formula is C16H26FN3O2S. The fourth-order valence-corrected chi connectivity index (χ4v) is 3.33. The minimum atomic E-state index is -3.65. The molecule has 2 N–H and O–H groups in total.